The summed E-state index contributed by atoms with van der Waals surface area (Å²) >= 11 is 0. The van der Waals surface area contributed by atoms with Crippen LogP contribution in [0.15, 0.2) is 0 Å². The lowest BCUT2D eigenvalue weighted by atomic mass is 9.52. The van der Waals surface area contributed by atoms with E-state index in [1.165, 1.54) is 12.8 Å². The van der Waals surface area contributed by atoms with Gasteiger partial charge in [-0.2, -0.15) is 0 Å². The Hall–Kier alpha value is 0. The lowest BCUT2D eigenvalue weighted by molar-refractivity contribution is -0.0258. The van der Waals surface area contributed by atoms with Gasteiger partial charge in [-0.15, -0.1) is 0 Å². The molecule has 60 valence electrons. The van der Waals surface area contributed by atoms with Crippen LogP contribution in [0.2, 0.25) is 0 Å². The maximum atomic E-state index is 2.42. The lowest BCUT2D eigenvalue weighted by Gasteiger charge is -2.53. The molecule has 0 bridgehead atoms. The highest BCUT2D eigenvalue weighted by Crippen LogP contribution is 2.55. The fraction of sp³-hybridized carbons (Fsp3) is 1.00. The Bertz CT molecular complexity index is 121. The molecule has 0 N–H and O–H groups in total. The molecule has 1 rings (SSSR count). The van der Waals surface area contributed by atoms with Crippen molar-refractivity contribution in [1.29, 1.82) is 0 Å². The molecule has 0 nitrogen and oxygen atoms in total. The Kier molecular flexibility index (Phi) is 1.61. The molecule has 1 aliphatic rings. The standard InChI is InChI=1S/C10H20/c1-8-6-10(5,7-8)9(2,3)4/h8H,6-7H2,1-5H3. The fourth-order valence-corrected chi connectivity index (χ4v) is 2.09. The second kappa shape index (κ2) is 1.99. The highest BCUT2D eigenvalue weighted by atomic mass is 14.5. The van der Waals surface area contributed by atoms with Crippen molar-refractivity contribution < 1.29 is 0 Å². The van der Waals surface area contributed by atoms with Gasteiger partial charge < -0.3 is 0 Å². The number of hydrogen-bond acceptors (Lipinski definition) is 0. The molecule has 1 aliphatic carbocycles. The summed E-state index contributed by atoms with van der Waals surface area (Å²) in [4.78, 5) is 0. The molecule has 0 saturated heterocycles. The monoisotopic (exact) mass is 140 g/mol. The first-order chi connectivity index (χ1) is 4.35. The molecule has 0 aromatic rings. The highest BCUT2D eigenvalue weighted by Gasteiger charge is 2.45. The third-order valence-electron chi connectivity index (χ3n) is 3.41. The molecular weight excluding hydrogens is 120 g/mol. The van der Waals surface area contributed by atoms with E-state index in [1.807, 2.05) is 0 Å². The summed E-state index contributed by atoms with van der Waals surface area (Å²) in [5.41, 5.74) is 1.14. The minimum absolute atomic E-state index is 0.513. The maximum absolute atomic E-state index is 2.42. The highest BCUT2D eigenvalue weighted by molar-refractivity contribution is 4.96. The van der Waals surface area contributed by atoms with Crippen molar-refractivity contribution >= 4 is 0 Å². The molecule has 0 spiro atoms. The Balaban J connectivity index is 2.57. The van der Waals surface area contributed by atoms with Crippen molar-refractivity contribution in [2.24, 2.45) is 16.7 Å². The van der Waals surface area contributed by atoms with E-state index in [-0.39, 0.29) is 0 Å². The van der Waals surface area contributed by atoms with E-state index < -0.39 is 0 Å². The molecule has 0 atom stereocenters. The summed E-state index contributed by atoms with van der Waals surface area (Å²) in [6.07, 6.45) is 2.85. The summed E-state index contributed by atoms with van der Waals surface area (Å²) in [7, 11) is 0. The SMILES string of the molecule is CC1CC(C)(C(C)(C)C)C1. The predicted octanol–water partition coefficient (Wildman–Crippen LogP) is 3.47. The zero-order valence-corrected chi connectivity index (χ0v) is 7.99. The first-order valence-corrected chi connectivity index (χ1v) is 4.35. The molecule has 0 aromatic carbocycles. The van der Waals surface area contributed by atoms with E-state index in [2.05, 4.69) is 34.6 Å². The summed E-state index contributed by atoms with van der Waals surface area (Å²) in [6, 6.07) is 0. The van der Waals surface area contributed by atoms with Crippen LogP contribution < -0.4 is 0 Å². The van der Waals surface area contributed by atoms with Gasteiger partial charge in [0, 0.05) is 0 Å². The molecule has 0 heteroatoms. The van der Waals surface area contributed by atoms with Gasteiger partial charge in [-0.1, -0.05) is 34.6 Å². The summed E-state index contributed by atoms with van der Waals surface area (Å²) in [5, 5.41) is 0. The second-order valence-electron chi connectivity index (χ2n) is 5.32. The molecular formula is C10H20. The molecule has 0 aromatic heterocycles. The van der Waals surface area contributed by atoms with Crippen LogP contribution in [0.5, 0.6) is 0 Å². The van der Waals surface area contributed by atoms with E-state index in [0.717, 1.165) is 5.92 Å². The van der Waals surface area contributed by atoms with Gasteiger partial charge in [-0.25, -0.2) is 0 Å². The normalized spacial score (nSPS) is 41.1. The second-order valence-corrected chi connectivity index (χ2v) is 5.32. The van der Waals surface area contributed by atoms with Gasteiger partial charge in [-0.05, 0) is 29.6 Å². The van der Waals surface area contributed by atoms with E-state index >= 15 is 0 Å². The molecule has 1 fully saturated rings. The molecule has 0 heterocycles. The average molecular weight is 140 g/mol. The van der Waals surface area contributed by atoms with Gasteiger partial charge in [0.25, 0.3) is 0 Å². The van der Waals surface area contributed by atoms with Crippen LogP contribution >= 0.6 is 0 Å². The average Bonchev–Trinajstić information content (AvgIpc) is 1.58. The lowest BCUT2D eigenvalue weighted by Crippen LogP contribution is -2.43. The van der Waals surface area contributed by atoms with Gasteiger partial charge in [-0.3, -0.25) is 0 Å². The maximum Gasteiger partial charge on any atom is -0.0272 e. The fourth-order valence-electron chi connectivity index (χ4n) is 2.09. The predicted molar refractivity (Wildman–Crippen MR) is 46.0 cm³/mol. The topological polar surface area (TPSA) is 0 Å². The Morgan fingerprint density at radius 1 is 1.20 bits per heavy atom. The van der Waals surface area contributed by atoms with Gasteiger partial charge in [0.2, 0.25) is 0 Å². The van der Waals surface area contributed by atoms with Crippen LogP contribution in [0.3, 0.4) is 0 Å². The molecule has 10 heavy (non-hydrogen) atoms. The van der Waals surface area contributed by atoms with Crippen LogP contribution in [0, 0.1) is 16.7 Å². The van der Waals surface area contributed by atoms with Crippen molar-refractivity contribution in [2.45, 2.75) is 47.5 Å². The van der Waals surface area contributed by atoms with Crippen molar-refractivity contribution in [3.63, 3.8) is 0 Å². The van der Waals surface area contributed by atoms with Gasteiger partial charge >= 0.3 is 0 Å². The van der Waals surface area contributed by atoms with Crippen LogP contribution in [-0.4, -0.2) is 0 Å². The Morgan fingerprint density at radius 2 is 1.60 bits per heavy atom. The summed E-state index contributed by atoms with van der Waals surface area (Å²) in [5.74, 6) is 0.976. The Labute approximate surface area is 65.0 Å². The largest absolute Gasteiger partial charge is 0.0625 e. The van der Waals surface area contributed by atoms with E-state index in [9.17, 15) is 0 Å². The molecule has 0 unspecified atom stereocenters. The van der Waals surface area contributed by atoms with E-state index in [4.69, 9.17) is 0 Å². The molecule has 0 amide bonds. The van der Waals surface area contributed by atoms with E-state index in [1.54, 1.807) is 0 Å². The number of hydrogen-bond donors (Lipinski definition) is 0. The van der Waals surface area contributed by atoms with Crippen molar-refractivity contribution in [2.75, 3.05) is 0 Å². The van der Waals surface area contributed by atoms with Gasteiger partial charge in [0.15, 0.2) is 0 Å². The van der Waals surface area contributed by atoms with Crippen LogP contribution in [-0.2, 0) is 0 Å². The van der Waals surface area contributed by atoms with Crippen LogP contribution in [0.4, 0.5) is 0 Å². The number of rotatable bonds is 0. The van der Waals surface area contributed by atoms with Crippen molar-refractivity contribution in [3.05, 3.63) is 0 Å². The summed E-state index contributed by atoms with van der Waals surface area (Å²) < 4.78 is 0. The first-order valence-electron chi connectivity index (χ1n) is 4.35. The quantitative estimate of drug-likeness (QED) is 0.483. The smallest absolute Gasteiger partial charge is 0.0272 e. The minimum Gasteiger partial charge on any atom is -0.0625 e. The van der Waals surface area contributed by atoms with Crippen molar-refractivity contribution in [3.8, 4) is 0 Å². The third-order valence-corrected chi connectivity index (χ3v) is 3.41. The van der Waals surface area contributed by atoms with Gasteiger partial charge in [0.1, 0.15) is 0 Å². The molecule has 0 radical (unpaired) electrons. The minimum atomic E-state index is 0.513. The van der Waals surface area contributed by atoms with Gasteiger partial charge in [0.05, 0.1) is 0 Å². The Morgan fingerprint density at radius 3 is 1.70 bits per heavy atom. The zero-order chi connectivity index (χ0) is 7.99. The van der Waals surface area contributed by atoms with Crippen molar-refractivity contribution in [1.82, 2.24) is 0 Å². The van der Waals surface area contributed by atoms with Crippen LogP contribution in [0.25, 0.3) is 0 Å². The molecule has 0 aliphatic heterocycles. The van der Waals surface area contributed by atoms with Crippen LogP contribution in [0.1, 0.15) is 47.5 Å². The molecule has 1 saturated carbocycles. The third kappa shape index (κ3) is 1.09. The van der Waals surface area contributed by atoms with E-state index in [0.29, 0.717) is 10.8 Å². The first kappa shape index (κ1) is 8.10. The summed E-state index contributed by atoms with van der Waals surface area (Å²) in [6.45, 7) is 11.9. The zero-order valence-electron chi connectivity index (χ0n) is 7.99.